The maximum Gasteiger partial charge on any atom is 0.326 e. The van der Waals surface area contributed by atoms with Crippen LogP contribution >= 0.6 is 0 Å². The number of hydrogen-bond donors (Lipinski definition) is 9. The predicted octanol–water partition coefficient (Wildman–Crippen LogP) is -2.20. The van der Waals surface area contributed by atoms with Crippen LogP contribution in [-0.4, -0.2) is 85.0 Å². The Morgan fingerprint density at radius 1 is 0.975 bits per heavy atom. The number of rotatable bonds is 14. The van der Waals surface area contributed by atoms with Crippen molar-refractivity contribution in [1.29, 1.82) is 0 Å². The molecule has 2 aromatic heterocycles. The van der Waals surface area contributed by atoms with E-state index in [0.717, 1.165) is 10.9 Å². The molecule has 214 valence electrons. The number of carboxylic acids is 1. The van der Waals surface area contributed by atoms with Crippen molar-refractivity contribution < 1.29 is 34.2 Å². The number of nitrogens with one attached hydrogen (secondary N) is 5. The number of carbonyl (C=O) groups is 5. The van der Waals surface area contributed by atoms with Crippen LogP contribution in [0.5, 0.6) is 0 Å². The van der Waals surface area contributed by atoms with E-state index in [1.807, 2.05) is 24.3 Å². The fourth-order valence-corrected chi connectivity index (χ4v) is 4.06. The van der Waals surface area contributed by atoms with Crippen molar-refractivity contribution >= 4 is 40.5 Å². The summed E-state index contributed by atoms with van der Waals surface area (Å²) in [5.74, 6) is -5.06. The zero-order chi connectivity index (χ0) is 29.4. The number of fused-ring (bicyclic) bond motifs is 1. The second-order valence-electron chi connectivity index (χ2n) is 9.31. The maximum atomic E-state index is 13.4. The number of carbonyl (C=O) groups excluding carboxylic acids is 4. The van der Waals surface area contributed by atoms with Gasteiger partial charge in [-0.1, -0.05) is 18.2 Å². The standard InChI is InChI=1S/C25H32N8O7/c1-12(34)21(24(38)32-19(25(39)40)8-20(27)35)33-23(37)18(6-13-9-29-17-5-3-2-4-15(13)17)31-22(36)16(26)7-14-10-28-11-30-14/h2-5,9-12,16,18-19,21,29,34H,6-8,26H2,1H3,(H2,27,35)(H,28,30)(H,31,36)(H,32,38)(H,33,37)(H,39,40). The summed E-state index contributed by atoms with van der Waals surface area (Å²) in [6, 6.07) is 1.73. The molecule has 0 spiro atoms. The van der Waals surface area contributed by atoms with Crippen molar-refractivity contribution in [2.75, 3.05) is 0 Å². The number of primary amides is 1. The number of aliphatic carboxylic acids is 1. The Bertz CT molecular complexity index is 1350. The summed E-state index contributed by atoms with van der Waals surface area (Å²) in [7, 11) is 0. The third-order valence-corrected chi connectivity index (χ3v) is 6.15. The Morgan fingerprint density at radius 3 is 2.30 bits per heavy atom. The van der Waals surface area contributed by atoms with E-state index in [-0.39, 0.29) is 12.8 Å². The summed E-state index contributed by atoms with van der Waals surface area (Å²) in [6.07, 6.45) is 2.56. The number of amides is 4. The average molecular weight is 557 g/mol. The highest BCUT2D eigenvalue weighted by molar-refractivity contribution is 5.95. The fourth-order valence-electron chi connectivity index (χ4n) is 4.06. The second-order valence-corrected chi connectivity index (χ2v) is 9.31. The van der Waals surface area contributed by atoms with Gasteiger partial charge >= 0.3 is 5.97 Å². The lowest BCUT2D eigenvalue weighted by Crippen LogP contribution is -2.60. The van der Waals surface area contributed by atoms with E-state index in [1.165, 1.54) is 19.4 Å². The number of hydrogen-bond acceptors (Lipinski definition) is 8. The average Bonchev–Trinajstić information content (AvgIpc) is 3.55. The quantitative estimate of drug-likeness (QED) is 0.104. The molecular formula is C25H32N8O7. The molecular weight excluding hydrogens is 524 g/mol. The van der Waals surface area contributed by atoms with E-state index in [0.29, 0.717) is 11.3 Å². The van der Waals surface area contributed by atoms with Crippen molar-refractivity contribution in [1.82, 2.24) is 30.9 Å². The summed E-state index contributed by atoms with van der Waals surface area (Å²) >= 11 is 0. The van der Waals surface area contributed by atoms with Crippen molar-refractivity contribution in [3.8, 4) is 0 Å². The summed E-state index contributed by atoms with van der Waals surface area (Å²) in [5.41, 5.74) is 13.2. The van der Waals surface area contributed by atoms with Crippen molar-refractivity contribution in [3.05, 3.63) is 54.2 Å². The molecule has 4 amide bonds. The van der Waals surface area contributed by atoms with E-state index < -0.39 is 66.3 Å². The fraction of sp³-hybridized carbons (Fsp3) is 0.360. The zero-order valence-electron chi connectivity index (χ0n) is 21.6. The van der Waals surface area contributed by atoms with Crippen LogP contribution in [0.15, 0.2) is 43.0 Å². The Balaban J connectivity index is 1.81. The van der Waals surface area contributed by atoms with Crippen LogP contribution in [0.2, 0.25) is 0 Å². The number of nitrogens with zero attached hydrogens (tertiary/aromatic N) is 1. The van der Waals surface area contributed by atoms with Crippen LogP contribution in [0.3, 0.4) is 0 Å². The number of nitrogens with two attached hydrogens (primary N) is 2. The third kappa shape index (κ3) is 7.87. The number of aromatic nitrogens is 3. The topological polar surface area (TPSA) is 258 Å². The minimum absolute atomic E-state index is 0.00800. The lowest BCUT2D eigenvalue weighted by molar-refractivity contribution is -0.144. The molecule has 3 aromatic rings. The molecule has 0 bridgehead atoms. The molecule has 0 fully saturated rings. The summed E-state index contributed by atoms with van der Waals surface area (Å²) in [4.78, 5) is 71.6. The highest BCUT2D eigenvalue weighted by Gasteiger charge is 2.33. The predicted molar refractivity (Wildman–Crippen MR) is 141 cm³/mol. The minimum atomic E-state index is -1.68. The molecule has 5 atom stereocenters. The van der Waals surface area contributed by atoms with E-state index >= 15 is 0 Å². The molecule has 11 N–H and O–H groups in total. The molecule has 5 unspecified atom stereocenters. The van der Waals surface area contributed by atoms with Gasteiger partial charge in [0.05, 0.1) is 24.9 Å². The summed E-state index contributed by atoms with van der Waals surface area (Å²) in [5, 5.41) is 27.4. The van der Waals surface area contributed by atoms with Crippen molar-refractivity contribution in [3.63, 3.8) is 0 Å². The number of carboxylic acid groups (broad SMARTS) is 1. The van der Waals surface area contributed by atoms with Crippen LogP contribution in [0, 0.1) is 0 Å². The Morgan fingerprint density at radius 2 is 1.68 bits per heavy atom. The summed E-state index contributed by atoms with van der Waals surface area (Å²) < 4.78 is 0. The van der Waals surface area contributed by atoms with E-state index in [2.05, 4.69) is 30.9 Å². The smallest absolute Gasteiger partial charge is 0.326 e. The largest absolute Gasteiger partial charge is 0.480 e. The van der Waals surface area contributed by atoms with Crippen LogP contribution in [-0.2, 0) is 36.8 Å². The number of imidazole rings is 1. The normalized spacial score (nSPS) is 14.9. The molecule has 0 saturated carbocycles. The molecule has 0 aliphatic carbocycles. The van der Waals surface area contributed by atoms with Gasteiger partial charge in [-0.25, -0.2) is 9.78 Å². The van der Waals surface area contributed by atoms with Gasteiger partial charge in [-0.3, -0.25) is 19.2 Å². The van der Waals surface area contributed by atoms with Gasteiger partial charge in [-0.2, -0.15) is 0 Å². The first kappa shape index (κ1) is 29.8. The van der Waals surface area contributed by atoms with Crippen molar-refractivity contribution in [2.24, 2.45) is 11.5 Å². The highest BCUT2D eigenvalue weighted by Crippen LogP contribution is 2.19. The molecule has 0 aliphatic rings. The van der Waals surface area contributed by atoms with Gasteiger partial charge in [-0.05, 0) is 18.6 Å². The number of benzene rings is 1. The summed E-state index contributed by atoms with van der Waals surface area (Å²) in [6.45, 7) is 1.21. The number of aliphatic hydroxyl groups excluding tert-OH is 1. The van der Waals surface area contributed by atoms with Gasteiger partial charge in [-0.15, -0.1) is 0 Å². The Hall–Kier alpha value is -4.76. The third-order valence-electron chi connectivity index (χ3n) is 6.15. The lowest BCUT2D eigenvalue weighted by Gasteiger charge is -2.26. The van der Waals surface area contributed by atoms with Gasteiger partial charge in [0.1, 0.15) is 18.1 Å². The molecule has 40 heavy (non-hydrogen) atoms. The number of aromatic amines is 2. The van der Waals surface area contributed by atoms with Gasteiger partial charge in [0.25, 0.3) is 0 Å². The SMILES string of the molecule is CC(O)C(NC(=O)C(Cc1c[nH]c2ccccc12)NC(=O)C(N)Cc1cnc[nH]1)C(=O)NC(CC(N)=O)C(=O)O. The van der Waals surface area contributed by atoms with Crippen LogP contribution in [0.1, 0.15) is 24.6 Å². The molecule has 15 heteroatoms. The number of para-hydroxylation sites is 1. The molecule has 2 heterocycles. The Labute approximate surface area is 228 Å². The lowest BCUT2D eigenvalue weighted by atomic mass is 10.0. The second kappa shape index (κ2) is 13.3. The van der Waals surface area contributed by atoms with Crippen LogP contribution in [0.4, 0.5) is 0 Å². The first-order valence-electron chi connectivity index (χ1n) is 12.3. The first-order valence-corrected chi connectivity index (χ1v) is 12.3. The molecule has 1 aromatic carbocycles. The van der Waals surface area contributed by atoms with Crippen LogP contribution in [0.25, 0.3) is 10.9 Å². The van der Waals surface area contributed by atoms with Gasteiger partial charge in [0, 0.05) is 41.8 Å². The van der Waals surface area contributed by atoms with E-state index in [4.69, 9.17) is 11.5 Å². The molecule has 3 rings (SSSR count). The zero-order valence-corrected chi connectivity index (χ0v) is 21.6. The molecule has 15 nitrogen and oxygen atoms in total. The Kier molecular flexibility index (Phi) is 9.94. The van der Waals surface area contributed by atoms with Crippen LogP contribution < -0.4 is 27.4 Å². The molecule has 0 radical (unpaired) electrons. The number of H-pyrrole nitrogens is 2. The monoisotopic (exact) mass is 556 g/mol. The highest BCUT2D eigenvalue weighted by atomic mass is 16.4. The minimum Gasteiger partial charge on any atom is -0.480 e. The maximum absolute atomic E-state index is 13.4. The van der Waals surface area contributed by atoms with E-state index in [1.54, 1.807) is 6.20 Å². The molecule has 0 saturated heterocycles. The van der Waals surface area contributed by atoms with Gasteiger partial charge in [0.2, 0.25) is 23.6 Å². The first-order chi connectivity index (χ1) is 19.0. The number of aliphatic hydroxyl groups is 1. The van der Waals surface area contributed by atoms with Gasteiger partial charge in [0.15, 0.2) is 0 Å². The van der Waals surface area contributed by atoms with Gasteiger partial charge < -0.3 is 47.6 Å². The molecule has 0 aliphatic heterocycles. The van der Waals surface area contributed by atoms with Crippen molar-refractivity contribution in [2.45, 2.75) is 56.5 Å². The van der Waals surface area contributed by atoms with E-state index in [9.17, 15) is 34.2 Å².